The van der Waals surface area contributed by atoms with Crippen LogP contribution in [0.4, 0.5) is 8.78 Å². The molecule has 94 valence electrons. The van der Waals surface area contributed by atoms with Crippen molar-refractivity contribution in [3.05, 3.63) is 60.2 Å². The molecule has 4 heteroatoms. The van der Waals surface area contributed by atoms with Crippen LogP contribution in [-0.2, 0) is 0 Å². The Kier molecular flexibility index (Phi) is 3.64. The molecule has 0 fully saturated rings. The van der Waals surface area contributed by atoms with Crippen LogP contribution in [0.5, 0.6) is 0 Å². The predicted molar refractivity (Wildman–Crippen MR) is 67.6 cm³/mol. The third-order valence-electron chi connectivity index (χ3n) is 2.64. The largest absolute Gasteiger partial charge is 0.381 e. The van der Waals surface area contributed by atoms with Crippen LogP contribution in [-0.4, -0.2) is 10.5 Å². The SMILES string of the molecule is OC(c1ccc(-c2ccccc2)cc1)C(F)(F)Cl. The molecule has 0 amide bonds. The normalized spacial score (nSPS) is 13.3. The highest BCUT2D eigenvalue weighted by Crippen LogP contribution is 2.35. The van der Waals surface area contributed by atoms with Gasteiger partial charge in [-0.15, -0.1) is 0 Å². The molecule has 2 aromatic carbocycles. The summed E-state index contributed by atoms with van der Waals surface area (Å²) in [7, 11) is 0. The van der Waals surface area contributed by atoms with Crippen LogP contribution in [0.3, 0.4) is 0 Å². The van der Waals surface area contributed by atoms with E-state index in [1.54, 1.807) is 12.1 Å². The molecule has 0 aromatic heterocycles. The van der Waals surface area contributed by atoms with Crippen LogP contribution >= 0.6 is 11.6 Å². The summed E-state index contributed by atoms with van der Waals surface area (Å²) in [6, 6.07) is 15.8. The quantitative estimate of drug-likeness (QED) is 0.827. The van der Waals surface area contributed by atoms with E-state index in [1.165, 1.54) is 12.1 Å². The molecule has 0 radical (unpaired) electrons. The standard InChI is InChI=1S/C14H11ClF2O/c15-14(16,17)13(18)12-8-6-11(7-9-12)10-4-2-1-3-5-10/h1-9,13,18H. The summed E-state index contributed by atoms with van der Waals surface area (Å²) in [5, 5.41) is 5.68. The van der Waals surface area contributed by atoms with Crippen molar-refractivity contribution < 1.29 is 13.9 Å². The van der Waals surface area contributed by atoms with Gasteiger partial charge < -0.3 is 5.11 Å². The zero-order chi connectivity index (χ0) is 13.2. The van der Waals surface area contributed by atoms with Crippen molar-refractivity contribution in [2.24, 2.45) is 0 Å². The maximum atomic E-state index is 12.7. The Morgan fingerprint density at radius 1 is 0.889 bits per heavy atom. The molecule has 0 saturated heterocycles. The van der Waals surface area contributed by atoms with Crippen LogP contribution < -0.4 is 0 Å². The van der Waals surface area contributed by atoms with Crippen molar-refractivity contribution in [1.82, 2.24) is 0 Å². The number of rotatable bonds is 3. The molecular formula is C14H11ClF2O. The van der Waals surface area contributed by atoms with E-state index in [0.717, 1.165) is 11.1 Å². The van der Waals surface area contributed by atoms with Crippen molar-refractivity contribution in [2.45, 2.75) is 11.5 Å². The average molecular weight is 269 g/mol. The van der Waals surface area contributed by atoms with Gasteiger partial charge in [0.1, 0.15) is 0 Å². The van der Waals surface area contributed by atoms with Crippen LogP contribution in [0.25, 0.3) is 11.1 Å². The number of hydrogen-bond donors (Lipinski definition) is 1. The molecule has 1 N–H and O–H groups in total. The van der Waals surface area contributed by atoms with Crippen molar-refractivity contribution in [1.29, 1.82) is 0 Å². The summed E-state index contributed by atoms with van der Waals surface area (Å²) >= 11 is 4.79. The van der Waals surface area contributed by atoms with E-state index < -0.39 is 11.5 Å². The Hall–Kier alpha value is -1.45. The van der Waals surface area contributed by atoms with Crippen LogP contribution in [0, 0.1) is 0 Å². The van der Waals surface area contributed by atoms with Gasteiger partial charge in [0.25, 0.3) is 0 Å². The van der Waals surface area contributed by atoms with Crippen LogP contribution in [0.15, 0.2) is 54.6 Å². The highest BCUT2D eigenvalue weighted by atomic mass is 35.5. The van der Waals surface area contributed by atoms with Gasteiger partial charge in [-0.2, -0.15) is 8.78 Å². The van der Waals surface area contributed by atoms with Crippen molar-refractivity contribution in [3.8, 4) is 11.1 Å². The number of aliphatic hydroxyl groups is 1. The smallest absolute Gasteiger partial charge is 0.351 e. The Morgan fingerprint density at radius 2 is 1.39 bits per heavy atom. The van der Waals surface area contributed by atoms with Gasteiger partial charge in [-0.3, -0.25) is 0 Å². The lowest BCUT2D eigenvalue weighted by atomic mass is 10.0. The van der Waals surface area contributed by atoms with Gasteiger partial charge in [0.05, 0.1) is 0 Å². The summed E-state index contributed by atoms with van der Waals surface area (Å²) in [4.78, 5) is 0. The molecule has 1 atom stereocenters. The fourth-order valence-electron chi connectivity index (χ4n) is 1.68. The first-order valence-electron chi connectivity index (χ1n) is 5.38. The Morgan fingerprint density at radius 3 is 1.89 bits per heavy atom. The Balaban J connectivity index is 2.26. The maximum absolute atomic E-state index is 12.7. The monoisotopic (exact) mass is 268 g/mol. The van der Waals surface area contributed by atoms with Gasteiger partial charge in [-0.1, -0.05) is 54.6 Å². The van der Waals surface area contributed by atoms with Gasteiger partial charge in [-0.25, -0.2) is 0 Å². The van der Waals surface area contributed by atoms with E-state index in [9.17, 15) is 13.9 Å². The lowest BCUT2D eigenvalue weighted by molar-refractivity contribution is -0.0424. The van der Waals surface area contributed by atoms with E-state index in [4.69, 9.17) is 11.6 Å². The molecule has 0 aliphatic rings. The molecule has 0 heterocycles. The molecule has 18 heavy (non-hydrogen) atoms. The van der Waals surface area contributed by atoms with Gasteiger partial charge in [-0.05, 0) is 28.3 Å². The van der Waals surface area contributed by atoms with Gasteiger partial charge in [0.2, 0.25) is 0 Å². The highest BCUT2D eigenvalue weighted by Gasteiger charge is 2.36. The molecule has 1 unspecified atom stereocenters. The second-order valence-corrected chi connectivity index (χ2v) is 4.44. The minimum absolute atomic E-state index is 0.0923. The van der Waals surface area contributed by atoms with Crippen molar-refractivity contribution >= 4 is 11.6 Å². The summed E-state index contributed by atoms with van der Waals surface area (Å²) in [5.41, 5.74) is 1.97. The molecule has 0 spiro atoms. The molecule has 0 saturated carbocycles. The van der Waals surface area contributed by atoms with E-state index >= 15 is 0 Å². The summed E-state index contributed by atoms with van der Waals surface area (Å²) in [6.45, 7) is 0. The molecule has 1 nitrogen and oxygen atoms in total. The summed E-state index contributed by atoms with van der Waals surface area (Å²) in [5.74, 6) is 0. The Bertz CT molecular complexity index is 506. The van der Waals surface area contributed by atoms with Gasteiger partial charge in [0, 0.05) is 0 Å². The van der Waals surface area contributed by atoms with Crippen molar-refractivity contribution in [2.75, 3.05) is 0 Å². The molecule has 0 aliphatic carbocycles. The molecular weight excluding hydrogens is 258 g/mol. The lowest BCUT2D eigenvalue weighted by Crippen LogP contribution is -2.18. The summed E-state index contributed by atoms with van der Waals surface area (Å²) < 4.78 is 25.5. The van der Waals surface area contributed by atoms with Crippen LogP contribution in [0.2, 0.25) is 0 Å². The van der Waals surface area contributed by atoms with Gasteiger partial charge in [0.15, 0.2) is 6.10 Å². The van der Waals surface area contributed by atoms with Crippen LogP contribution in [0.1, 0.15) is 11.7 Å². The van der Waals surface area contributed by atoms with Crippen molar-refractivity contribution in [3.63, 3.8) is 0 Å². The maximum Gasteiger partial charge on any atom is 0.351 e. The zero-order valence-corrected chi connectivity index (χ0v) is 10.1. The first-order valence-corrected chi connectivity index (χ1v) is 5.76. The predicted octanol–water partition coefficient (Wildman–Crippen LogP) is 4.22. The fraction of sp³-hybridized carbons (Fsp3) is 0.143. The van der Waals surface area contributed by atoms with E-state index in [2.05, 4.69) is 0 Å². The van der Waals surface area contributed by atoms with E-state index in [1.807, 2.05) is 30.3 Å². The minimum atomic E-state index is -3.66. The molecule has 0 bridgehead atoms. The number of aliphatic hydroxyl groups excluding tert-OH is 1. The summed E-state index contributed by atoms with van der Waals surface area (Å²) in [6.07, 6.45) is -2.00. The number of hydrogen-bond acceptors (Lipinski definition) is 1. The molecule has 2 aromatic rings. The third-order valence-corrected chi connectivity index (χ3v) is 2.85. The average Bonchev–Trinajstić information content (AvgIpc) is 2.38. The first-order chi connectivity index (χ1) is 8.48. The highest BCUT2D eigenvalue weighted by molar-refractivity contribution is 6.22. The number of benzene rings is 2. The zero-order valence-electron chi connectivity index (χ0n) is 9.35. The second kappa shape index (κ2) is 5.04. The topological polar surface area (TPSA) is 20.2 Å². The third kappa shape index (κ3) is 2.86. The second-order valence-electron chi connectivity index (χ2n) is 3.93. The Labute approximate surface area is 109 Å². The molecule has 2 rings (SSSR count). The fourth-order valence-corrected chi connectivity index (χ4v) is 1.80. The van der Waals surface area contributed by atoms with E-state index in [-0.39, 0.29) is 5.56 Å². The minimum Gasteiger partial charge on any atom is -0.381 e. The van der Waals surface area contributed by atoms with Gasteiger partial charge >= 0.3 is 5.38 Å². The first kappa shape index (κ1) is 13.0. The van der Waals surface area contributed by atoms with E-state index in [0.29, 0.717) is 0 Å². The number of alkyl halides is 3. The molecule has 0 aliphatic heterocycles. The lowest BCUT2D eigenvalue weighted by Gasteiger charge is -2.16. The number of halogens is 3.